The molecule has 1 amide bonds. The zero-order chi connectivity index (χ0) is 19.1. The first-order valence-corrected chi connectivity index (χ1v) is 8.13. The van der Waals surface area contributed by atoms with Crippen LogP contribution in [0.15, 0.2) is 48.5 Å². The van der Waals surface area contributed by atoms with Crippen LogP contribution in [0.4, 0.5) is 5.69 Å². The van der Waals surface area contributed by atoms with Gasteiger partial charge in [-0.1, -0.05) is 43.3 Å². The maximum atomic E-state index is 12.1. The van der Waals surface area contributed by atoms with Crippen LogP contribution in [0, 0.1) is 17.0 Å². The molecular formula is C19H20N2O5. The van der Waals surface area contributed by atoms with E-state index in [1.807, 2.05) is 37.3 Å². The van der Waals surface area contributed by atoms with Crippen LogP contribution in [0.3, 0.4) is 0 Å². The fraction of sp³-hybridized carbons (Fsp3) is 0.263. The quantitative estimate of drug-likeness (QED) is 0.467. The van der Waals surface area contributed by atoms with Gasteiger partial charge in [0, 0.05) is 18.2 Å². The molecule has 0 aromatic heterocycles. The Morgan fingerprint density at radius 3 is 2.50 bits per heavy atom. The van der Waals surface area contributed by atoms with Gasteiger partial charge in [-0.05, 0) is 24.5 Å². The van der Waals surface area contributed by atoms with Gasteiger partial charge < -0.3 is 10.1 Å². The number of nitrogens with zero attached hydrogens (tertiary/aromatic N) is 1. The first-order chi connectivity index (χ1) is 12.4. The van der Waals surface area contributed by atoms with Gasteiger partial charge in [0.2, 0.25) is 0 Å². The van der Waals surface area contributed by atoms with Crippen molar-refractivity contribution < 1.29 is 19.2 Å². The second-order valence-electron chi connectivity index (χ2n) is 5.90. The molecule has 2 rings (SSSR count). The molecule has 0 saturated heterocycles. The van der Waals surface area contributed by atoms with Crippen LogP contribution in [0.2, 0.25) is 0 Å². The van der Waals surface area contributed by atoms with Crippen molar-refractivity contribution in [1.29, 1.82) is 0 Å². The van der Waals surface area contributed by atoms with Crippen LogP contribution < -0.4 is 5.32 Å². The summed E-state index contributed by atoms with van der Waals surface area (Å²) in [6.07, 6.45) is 0. The highest BCUT2D eigenvalue weighted by atomic mass is 16.6. The van der Waals surface area contributed by atoms with Crippen molar-refractivity contribution in [2.75, 3.05) is 13.2 Å². The molecule has 1 atom stereocenters. The third-order valence-electron chi connectivity index (χ3n) is 4.03. The van der Waals surface area contributed by atoms with Crippen LogP contribution in [0.25, 0.3) is 0 Å². The molecule has 0 spiro atoms. The lowest BCUT2D eigenvalue weighted by Crippen LogP contribution is -2.31. The highest BCUT2D eigenvalue weighted by Crippen LogP contribution is 2.21. The summed E-state index contributed by atoms with van der Waals surface area (Å²) in [6.45, 7) is 3.42. The van der Waals surface area contributed by atoms with Gasteiger partial charge in [0.05, 0.1) is 10.5 Å². The Morgan fingerprint density at radius 1 is 1.15 bits per heavy atom. The minimum absolute atomic E-state index is 0.0738. The molecule has 0 aliphatic carbocycles. The molecule has 0 heterocycles. The number of nitro groups is 1. The fourth-order valence-electron chi connectivity index (χ4n) is 2.47. The summed E-state index contributed by atoms with van der Waals surface area (Å²) in [7, 11) is 0. The van der Waals surface area contributed by atoms with Crippen LogP contribution in [-0.4, -0.2) is 30.0 Å². The molecule has 26 heavy (non-hydrogen) atoms. The van der Waals surface area contributed by atoms with Crippen molar-refractivity contribution in [3.8, 4) is 0 Å². The van der Waals surface area contributed by atoms with E-state index in [4.69, 9.17) is 4.74 Å². The summed E-state index contributed by atoms with van der Waals surface area (Å²) in [4.78, 5) is 34.3. The number of esters is 1. The maximum absolute atomic E-state index is 12.1. The average molecular weight is 356 g/mol. The summed E-state index contributed by atoms with van der Waals surface area (Å²) in [5.74, 6) is -1.07. The molecule has 2 aromatic carbocycles. The molecule has 0 aliphatic heterocycles. The standard InChI is InChI=1S/C19H20N2O5/c1-13(15-7-4-3-5-8-15)11-20-18(22)12-26-19(23)16-9-6-10-17(14(16)2)21(24)25/h3-10,13H,11-12H2,1-2H3,(H,20,22)/t13-/m0/s1. The van der Waals surface area contributed by atoms with E-state index >= 15 is 0 Å². The zero-order valence-corrected chi connectivity index (χ0v) is 14.6. The molecule has 0 bridgehead atoms. The number of nitrogens with one attached hydrogen (secondary N) is 1. The predicted octanol–water partition coefficient (Wildman–Crippen LogP) is 2.98. The Morgan fingerprint density at radius 2 is 1.85 bits per heavy atom. The lowest BCUT2D eigenvalue weighted by atomic mass is 10.0. The van der Waals surface area contributed by atoms with Crippen LogP contribution in [-0.2, 0) is 9.53 Å². The molecule has 0 fully saturated rings. The molecule has 0 radical (unpaired) electrons. The second kappa shape index (κ2) is 8.75. The predicted molar refractivity (Wildman–Crippen MR) is 96.0 cm³/mol. The number of rotatable bonds is 7. The van der Waals surface area contributed by atoms with E-state index < -0.39 is 23.4 Å². The van der Waals surface area contributed by atoms with Crippen LogP contribution in [0.1, 0.15) is 34.3 Å². The topological polar surface area (TPSA) is 98.5 Å². The monoisotopic (exact) mass is 356 g/mol. The van der Waals surface area contributed by atoms with Crippen molar-refractivity contribution in [3.05, 3.63) is 75.3 Å². The number of ether oxygens (including phenoxy) is 1. The van der Waals surface area contributed by atoms with Crippen molar-refractivity contribution in [1.82, 2.24) is 5.32 Å². The minimum atomic E-state index is -0.766. The Balaban J connectivity index is 1.87. The Bertz CT molecular complexity index is 805. The van der Waals surface area contributed by atoms with Crippen molar-refractivity contribution in [2.24, 2.45) is 0 Å². The van der Waals surface area contributed by atoms with Gasteiger partial charge in [-0.2, -0.15) is 0 Å². The summed E-state index contributed by atoms with van der Waals surface area (Å²) in [5.41, 5.74) is 1.21. The van der Waals surface area contributed by atoms with Crippen molar-refractivity contribution in [3.63, 3.8) is 0 Å². The zero-order valence-electron chi connectivity index (χ0n) is 14.6. The number of hydrogen-bond acceptors (Lipinski definition) is 5. The molecule has 0 aliphatic rings. The Hall–Kier alpha value is -3.22. The SMILES string of the molecule is Cc1c(C(=O)OCC(=O)NC[C@H](C)c2ccccc2)cccc1[N+](=O)[O-]. The van der Waals surface area contributed by atoms with Gasteiger partial charge in [-0.25, -0.2) is 4.79 Å². The van der Waals surface area contributed by atoms with Gasteiger partial charge in [-0.15, -0.1) is 0 Å². The number of carbonyl (C=O) groups is 2. The van der Waals surface area contributed by atoms with E-state index in [1.54, 1.807) is 0 Å². The normalized spacial score (nSPS) is 11.5. The number of carbonyl (C=O) groups excluding carboxylic acids is 2. The lowest BCUT2D eigenvalue weighted by molar-refractivity contribution is -0.385. The van der Waals surface area contributed by atoms with Gasteiger partial charge in [0.15, 0.2) is 6.61 Å². The highest BCUT2D eigenvalue weighted by molar-refractivity contribution is 5.93. The van der Waals surface area contributed by atoms with E-state index in [9.17, 15) is 19.7 Å². The molecule has 136 valence electrons. The smallest absolute Gasteiger partial charge is 0.339 e. The fourth-order valence-corrected chi connectivity index (χ4v) is 2.47. The number of amides is 1. The minimum Gasteiger partial charge on any atom is -0.452 e. The van der Waals surface area contributed by atoms with E-state index in [1.165, 1.54) is 25.1 Å². The lowest BCUT2D eigenvalue weighted by Gasteiger charge is -2.13. The molecular weight excluding hydrogens is 336 g/mol. The Labute approximate surface area is 151 Å². The third-order valence-corrected chi connectivity index (χ3v) is 4.03. The molecule has 2 aromatic rings. The highest BCUT2D eigenvalue weighted by Gasteiger charge is 2.19. The molecule has 1 N–H and O–H groups in total. The first-order valence-electron chi connectivity index (χ1n) is 8.13. The summed E-state index contributed by atoms with van der Waals surface area (Å²) >= 11 is 0. The van der Waals surface area contributed by atoms with Crippen LogP contribution in [0.5, 0.6) is 0 Å². The van der Waals surface area contributed by atoms with E-state index in [0.717, 1.165) is 5.56 Å². The van der Waals surface area contributed by atoms with Crippen LogP contribution >= 0.6 is 0 Å². The summed E-state index contributed by atoms with van der Waals surface area (Å²) in [6, 6.07) is 13.9. The molecule has 0 saturated carbocycles. The largest absolute Gasteiger partial charge is 0.452 e. The first kappa shape index (κ1) is 19.1. The van der Waals surface area contributed by atoms with Gasteiger partial charge in [0.1, 0.15) is 0 Å². The average Bonchev–Trinajstić information content (AvgIpc) is 2.64. The number of hydrogen-bond donors (Lipinski definition) is 1. The molecule has 7 nitrogen and oxygen atoms in total. The third kappa shape index (κ3) is 4.89. The van der Waals surface area contributed by atoms with Crippen molar-refractivity contribution in [2.45, 2.75) is 19.8 Å². The maximum Gasteiger partial charge on any atom is 0.339 e. The number of nitro benzene ring substituents is 1. The molecule has 7 heteroatoms. The van der Waals surface area contributed by atoms with Gasteiger partial charge >= 0.3 is 5.97 Å². The van der Waals surface area contributed by atoms with Crippen molar-refractivity contribution >= 4 is 17.6 Å². The second-order valence-corrected chi connectivity index (χ2v) is 5.90. The van der Waals surface area contributed by atoms with Gasteiger partial charge in [-0.3, -0.25) is 14.9 Å². The van der Waals surface area contributed by atoms with E-state index in [0.29, 0.717) is 6.54 Å². The Kier molecular flexibility index (Phi) is 6.43. The number of benzene rings is 2. The van der Waals surface area contributed by atoms with E-state index in [2.05, 4.69) is 5.32 Å². The molecule has 0 unspecified atom stereocenters. The summed E-state index contributed by atoms with van der Waals surface area (Å²) < 4.78 is 4.97. The van der Waals surface area contributed by atoms with Gasteiger partial charge in [0.25, 0.3) is 11.6 Å². The summed E-state index contributed by atoms with van der Waals surface area (Å²) in [5, 5.41) is 13.6. The van der Waals surface area contributed by atoms with E-state index in [-0.39, 0.29) is 22.7 Å².